The van der Waals surface area contributed by atoms with Crippen molar-refractivity contribution in [1.82, 2.24) is 14.3 Å². The molecule has 6 heteroatoms. The van der Waals surface area contributed by atoms with Crippen molar-refractivity contribution >= 4 is 27.2 Å². The summed E-state index contributed by atoms with van der Waals surface area (Å²) < 4.78 is 4.21. The van der Waals surface area contributed by atoms with Crippen LogP contribution in [-0.4, -0.2) is 20.1 Å². The standard InChI is InChI=1S/C25H27N3O2S/c1-17(2)15-27-24(23-14-20-10-6-7-11-22(20)31-23)26-28(25(27)30)16-21(29)13-12-19-9-5-4-8-18(19)3/h4-11,14,17H,12-13,15-16H2,1-3H3. The van der Waals surface area contributed by atoms with Crippen LogP contribution < -0.4 is 5.69 Å². The lowest BCUT2D eigenvalue weighted by atomic mass is 10.0. The predicted molar refractivity (Wildman–Crippen MR) is 127 cm³/mol. The van der Waals surface area contributed by atoms with Crippen LogP contribution in [0.4, 0.5) is 0 Å². The van der Waals surface area contributed by atoms with Crippen LogP contribution in [0.1, 0.15) is 31.4 Å². The first-order chi connectivity index (χ1) is 14.9. The number of Topliss-reactive ketones (excluding diaryl/α,β-unsaturated/α-hetero) is 1. The summed E-state index contributed by atoms with van der Waals surface area (Å²) in [5.74, 6) is 0.953. The average molecular weight is 434 g/mol. The van der Waals surface area contributed by atoms with Crippen LogP contribution in [0.5, 0.6) is 0 Å². The molecule has 0 spiro atoms. The number of ketones is 1. The monoisotopic (exact) mass is 433 g/mol. The zero-order valence-electron chi connectivity index (χ0n) is 18.2. The van der Waals surface area contributed by atoms with Gasteiger partial charge in [0, 0.05) is 17.7 Å². The minimum atomic E-state index is -0.217. The van der Waals surface area contributed by atoms with Crippen molar-refractivity contribution < 1.29 is 4.79 Å². The minimum Gasteiger partial charge on any atom is -0.298 e. The van der Waals surface area contributed by atoms with Crippen LogP contribution in [0.15, 0.2) is 59.4 Å². The van der Waals surface area contributed by atoms with Gasteiger partial charge in [0.1, 0.15) is 6.54 Å². The molecule has 5 nitrogen and oxygen atoms in total. The van der Waals surface area contributed by atoms with Gasteiger partial charge in [0.05, 0.1) is 4.88 Å². The predicted octanol–water partition coefficient (Wildman–Crippen LogP) is 5.09. The molecular weight excluding hydrogens is 406 g/mol. The lowest BCUT2D eigenvalue weighted by molar-refractivity contribution is -0.119. The lowest BCUT2D eigenvalue weighted by Gasteiger charge is -2.06. The smallest absolute Gasteiger partial charge is 0.298 e. The number of benzene rings is 2. The number of hydrogen-bond acceptors (Lipinski definition) is 4. The second kappa shape index (κ2) is 9.02. The molecule has 2 heterocycles. The van der Waals surface area contributed by atoms with Crippen LogP contribution in [0.2, 0.25) is 0 Å². The number of carbonyl (C=O) groups excluding carboxylic acids is 1. The number of rotatable bonds is 8. The van der Waals surface area contributed by atoms with Gasteiger partial charge >= 0.3 is 5.69 Å². The Morgan fingerprint density at radius 1 is 1.10 bits per heavy atom. The average Bonchev–Trinajstić information content (AvgIpc) is 3.29. The van der Waals surface area contributed by atoms with E-state index in [4.69, 9.17) is 0 Å². The van der Waals surface area contributed by atoms with E-state index in [2.05, 4.69) is 50.1 Å². The first-order valence-corrected chi connectivity index (χ1v) is 11.5. The van der Waals surface area contributed by atoms with Gasteiger partial charge in [-0.15, -0.1) is 16.4 Å². The SMILES string of the molecule is Cc1ccccc1CCC(=O)Cn1nc(-c2cc3ccccc3s2)n(CC(C)C)c1=O. The highest BCUT2D eigenvalue weighted by Gasteiger charge is 2.19. The molecule has 0 aliphatic rings. The summed E-state index contributed by atoms with van der Waals surface area (Å²) in [5, 5.41) is 5.73. The molecule has 160 valence electrons. The van der Waals surface area contributed by atoms with Gasteiger partial charge in [0.25, 0.3) is 0 Å². The molecule has 0 saturated carbocycles. The summed E-state index contributed by atoms with van der Waals surface area (Å²) in [6.45, 7) is 6.78. The molecule has 0 aliphatic carbocycles. The van der Waals surface area contributed by atoms with Crippen LogP contribution in [-0.2, 0) is 24.3 Å². The van der Waals surface area contributed by atoms with E-state index >= 15 is 0 Å². The molecule has 0 radical (unpaired) electrons. The molecule has 0 fully saturated rings. The molecule has 4 aromatic rings. The highest BCUT2D eigenvalue weighted by atomic mass is 32.1. The molecule has 0 N–H and O–H groups in total. The Morgan fingerprint density at radius 2 is 1.84 bits per heavy atom. The van der Waals surface area contributed by atoms with E-state index in [1.54, 1.807) is 15.9 Å². The third kappa shape index (κ3) is 4.69. The third-order valence-corrected chi connectivity index (χ3v) is 6.49. The number of aromatic nitrogens is 3. The van der Waals surface area contributed by atoms with Crippen molar-refractivity contribution in [3.05, 3.63) is 76.2 Å². The molecule has 4 rings (SSSR count). The van der Waals surface area contributed by atoms with E-state index in [-0.39, 0.29) is 18.0 Å². The number of nitrogens with zero attached hydrogens (tertiary/aromatic N) is 3. The molecule has 31 heavy (non-hydrogen) atoms. The Balaban J connectivity index is 1.60. The quantitative estimate of drug-likeness (QED) is 0.389. The van der Waals surface area contributed by atoms with Crippen LogP contribution in [0, 0.1) is 12.8 Å². The number of carbonyl (C=O) groups is 1. The van der Waals surface area contributed by atoms with Gasteiger partial charge in [-0.25, -0.2) is 9.48 Å². The summed E-state index contributed by atoms with van der Waals surface area (Å²) in [5.41, 5.74) is 2.13. The number of hydrogen-bond donors (Lipinski definition) is 0. The Hall–Kier alpha value is -2.99. The van der Waals surface area contributed by atoms with E-state index in [1.807, 2.05) is 30.3 Å². The zero-order chi connectivity index (χ0) is 22.0. The summed E-state index contributed by atoms with van der Waals surface area (Å²) in [4.78, 5) is 26.7. The van der Waals surface area contributed by atoms with Crippen molar-refractivity contribution in [3.8, 4) is 10.7 Å². The number of aryl methyl sites for hydroxylation is 2. The van der Waals surface area contributed by atoms with Gasteiger partial charge in [-0.05, 0) is 47.9 Å². The zero-order valence-corrected chi connectivity index (χ0v) is 19.0. The van der Waals surface area contributed by atoms with Gasteiger partial charge in [0.15, 0.2) is 11.6 Å². The van der Waals surface area contributed by atoms with E-state index in [9.17, 15) is 9.59 Å². The second-order valence-electron chi connectivity index (χ2n) is 8.38. The van der Waals surface area contributed by atoms with Crippen molar-refractivity contribution in [2.24, 2.45) is 5.92 Å². The van der Waals surface area contributed by atoms with Crippen LogP contribution in [0.3, 0.4) is 0 Å². The Labute approximate surface area is 186 Å². The maximum absolute atomic E-state index is 13.1. The fourth-order valence-electron chi connectivity index (χ4n) is 3.76. The van der Waals surface area contributed by atoms with Crippen LogP contribution >= 0.6 is 11.3 Å². The van der Waals surface area contributed by atoms with Crippen molar-refractivity contribution in [2.45, 2.75) is 46.7 Å². The fourth-order valence-corrected chi connectivity index (χ4v) is 4.82. The van der Waals surface area contributed by atoms with E-state index < -0.39 is 0 Å². The molecule has 2 aromatic heterocycles. The van der Waals surface area contributed by atoms with Crippen molar-refractivity contribution in [3.63, 3.8) is 0 Å². The Bertz CT molecular complexity index is 1250. The van der Waals surface area contributed by atoms with Gasteiger partial charge < -0.3 is 0 Å². The maximum atomic E-state index is 13.1. The van der Waals surface area contributed by atoms with E-state index in [1.165, 1.54) is 15.8 Å². The van der Waals surface area contributed by atoms with Gasteiger partial charge in [-0.3, -0.25) is 9.36 Å². The van der Waals surface area contributed by atoms with E-state index in [0.29, 0.717) is 31.1 Å². The highest BCUT2D eigenvalue weighted by molar-refractivity contribution is 7.22. The molecule has 0 unspecified atom stereocenters. The van der Waals surface area contributed by atoms with Crippen molar-refractivity contribution in [1.29, 1.82) is 0 Å². The van der Waals surface area contributed by atoms with E-state index in [0.717, 1.165) is 15.0 Å². The largest absolute Gasteiger partial charge is 0.346 e. The molecule has 0 saturated heterocycles. The minimum absolute atomic E-state index is 0.00764. The molecule has 0 aliphatic heterocycles. The number of fused-ring (bicyclic) bond motifs is 1. The lowest BCUT2D eigenvalue weighted by Crippen LogP contribution is -2.29. The van der Waals surface area contributed by atoms with Gasteiger partial charge in [-0.1, -0.05) is 56.3 Å². The van der Waals surface area contributed by atoms with Gasteiger partial charge in [-0.2, -0.15) is 0 Å². The molecule has 2 aromatic carbocycles. The first-order valence-electron chi connectivity index (χ1n) is 10.6. The molecule has 0 atom stereocenters. The summed E-state index contributed by atoms with van der Waals surface area (Å²) >= 11 is 1.62. The fraction of sp³-hybridized carbons (Fsp3) is 0.320. The Kier molecular flexibility index (Phi) is 6.18. The normalized spacial score (nSPS) is 11.5. The van der Waals surface area contributed by atoms with Crippen molar-refractivity contribution in [2.75, 3.05) is 0 Å². The second-order valence-corrected chi connectivity index (χ2v) is 9.47. The Morgan fingerprint density at radius 3 is 2.58 bits per heavy atom. The first kappa shape index (κ1) is 21.2. The van der Waals surface area contributed by atoms with Crippen LogP contribution in [0.25, 0.3) is 20.8 Å². The number of thiophene rings is 1. The topological polar surface area (TPSA) is 56.9 Å². The third-order valence-electron chi connectivity index (χ3n) is 5.38. The molecular formula is C25H27N3O2S. The summed E-state index contributed by atoms with van der Waals surface area (Å²) in [6.07, 6.45) is 1.07. The molecule has 0 amide bonds. The van der Waals surface area contributed by atoms with Gasteiger partial charge in [0.2, 0.25) is 0 Å². The highest BCUT2D eigenvalue weighted by Crippen LogP contribution is 2.32. The molecule has 0 bridgehead atoms. The maximum Gasteiger partial charge on any atom is 0.346 e. The summed E-state index contributed by atoms with van der Waals surface area (Å²) in [7, 11) is 0. The summed E-state index contributed by atoms with van der Waals surface area (Å²) in [6, 6.07) is 18.3.